The predicted molar refractivity (Wildman–Crippen MR) is 61.7 cm³/mol. The molecular weight excluding hydrogens is 204 g/mol. The maximum atomic E-state index is 12.3. The third kappa shape index (κ3) is 2.23. The van der Waals surface area contributed by atoms with Crippen LogP contribution >= 0.6 is 0 Å². The standard InChI is InChI=1S/C12H22N2O2/c1-12(16)5-6-14(8-12)11(15)10-4-2-3-9(10)7-13/h9-10,16H,2-8,13H2,1H3. The third-order valence-electron chi connectivity index (χ3n) is 4.04. The van der Waals surface area contributed by atoms with Crippen LogP contribution in [0.3, 0.4) is 0 Å². The Labute approximate surface area is 96.8 Å². The molecule has 2 aliphatic rings. The highest BCUT2D eigenvalue weighted by Crippen LogP contribution is 2.34. The number of likely N-dealkylation sites (tertiary alicyclic amines) is 1. The summed E-state index contributed by atoms with van der Waals surface area (Å²) >= 11 is 0. The van der Waals surface area contributed by atoms with Gasteiger partial charge < -0.3 is 15.7 Å². The highest BCUT2D eigenvalue weighted by molar-refractivity contribution is 5.80. The van der Waals surface area contributed by atoms with Gasteiger partial charge in [-0.2, -0.15) is 0 Å². The first kappa shape index (κ1) is 11.9. The Bertz CT molecular complexity index is 278. The summed E-state index contributed by atoms with van der Waals surface area (Å²) in [4.78, 5) is 14.1. The van der Waals surface area contributed by atoms with E-state index in [1.807, 2.05) is 4.90 Å². The molecule has 92 valence electrons. The van der Waals surface area contributed by atoms with Gasteiger partial charge in [-0.15, -0.1) is 0 Å². The lowest BCUT2D eigenvalue weighted by Gasteiger charge is -2.25. The zero-order valence-corrected chi connectivity index (χ0v) is 9.98. The molecule has 1 heterocycles. The number of β-amino-alcohol motifs (C(OH)–C–C–N with tert-alkyl or cyclic N) is 1. The predicted octanol–water partition coefficient (Wildman–Crippen LogP) is 0.345. The van der Waals surface area contributed by atoms with E-state index in [0.29, 0.717) is 32.0 Å². The van der Waals surface area contributed by atoms with Gasteiger partial charge in [0.1, 0.15) is 0 Å². The summed E-state index contributed by atoms with van der Waals surface area (Å²) < 4.78 is 0. The quantitative estimate of drug-likeness (QED) is 0.714. The molecule has 3 N–H and O–H groups in total. The van der Waals surface area contributed by atoms with Crippen molar-refractivity contribution in [1.29, 1.82) is 0 Å². The van der Waals surface area contributed by atoms with E-state index in [9.17, 15) is 9.90 Å². The number of amides is 1. The second-order valence-electron chi connectivity index (χ2n) is 5.54. The fourth-order valence-electron chi connectivity index (χ4n) is 3.01. The van der Waals surface area contributed by atoms with Crippen LogP contribution in [0.15, 0.2) is 0 Å². The number of aliphatic hydroxyl groups is 1. The van der Waals surface area contributed by atoms with Gasteiger partial charge in [-0.05, 0) is 38.6 Å². The number of rotatable bonds is 2. The van der Waals surface area contributed by atoms with Gasteiger partial charge in [-0.3, -0.25) is 4.79 Å². The molecule has 4 heteroatoms. The van der Waals surface area contributed by atoms with Gasteiger partial charge in [0.2, 0.25) is 5.91 Å². The van der Waals surface area contributed by atoms with Crippen LogP contribution in [0.1, 0.15) is 32.6 Å². The van der Waals surface area contributed by atoms with Crippen molar-refractivity contribution in [2.24, 2.45) is 17.6 Å². The van der Waals surface area contributed by atoms with Gasteiger partial charge in [0, 0.05) is 19.0 Å². The summed E-state index contributed by atoms with van der Waals surface area (Å²) in [6.07, 6.45) is 3.86. The molecular formula is C12H22N2O2. The SMILES string of the molecule is CC1(O)CCN(C(=O)C2CCCC2CN)C1. The molecule has 1 saturated heterocycles. The van der Waals surface area contributed by atoms with E-state index in [1.165, 1.54) is 0 Å². The Kier molecular flexibility index (Phi) is 3.22. The van der Waals surface area contributed by atoms with Crippen molar-refractivity contribution in [1.82, 2.24) is 4.90 Å². The molecule has 1 aliphatic carbocycles. The Morgan fingerprint density at radius 3 is 2.88 bits per heavy atom. The molecule has 16 heavy (non-hydrogen) atoms. The van der Waals surface area contributed by atoms with Gasteiger partial charge >= 0.3 is 0 Å². The van der Waals surface area contributed by atoms with Crippen molar-refractivity contribution in [3.63, 3.8) is 0 Å². The van der Waals surface area contributed by atoms with Crippen LogP contribution in [0.4, 0.5) is 0 Å². The van der Waals surface area contributed by atoms with Gasteiger partial charge in [0.05, 0.1) is 5.60 Å². The van der Waals surface area contributed by atoms with Crippen LogP contribution in [0.5, 0.6) is 0 Å². The summed E-state index contributed by atoms with van der Waals surface area (Å²) in [5.74, 6) is 0.683. The fourth-order valence-corrected chi connectivity index (χ4v) is 3.01. The first-order chi connectivity index (χ1) is 7.53. The summed E-state index contributed by atoms with van der Waals surface area (Å²) in [5.41, 5.74) is 5.01. The zero-order chi connectivity index (χ0) is 11.8. The van der Waals surface area contributed by atoms with Crippen LogP contribution in [0, 0.1) is 11.8 Å². The van der Waals surface area contributed by atoms with E-state index in [4.69, 9.17) is 5.73 Å². The smallest absolute Gasteiger partial charge is 0.226 e. The Morgan fingerprint density at radius 2 is 2.31 bits per heavy atom. The summed E-state index contributed by atoms with van der Waals surface area (Å²) in [6, 6.07) is 0. The van der Waals surface area contributed by atoms with E-state index in [-0.39, 0.29) is 11.8 Å². The minimum absolute atomic E-state index is 0.110. The van der Waals surface area contributed by atoms with E-state index < -0.39 is 5.60 Å². The molecule has 0 aromatic heterocycles. The first-order valence-corrected chi connectivity index (χ1v) is 6.25. The largest absolute Gasteiger partial charge is 0.388 e. The van der Waals surface area contributed by atoms with Crippen LogP contribution < -0.4 is 5.73 Å². The van der Waals surface area contributed by atoms with E-state index >= 15 is 0 Å². The molecule has 4 nitrogen and oxygen atoms in total. The Morgan fingerprint density at radius 1 is 1.56 bits per heavy atom. The lowest BCUT2D eigenvalue weighted by atomic mass is 9.95. The number of carbonyl (C=O) groups excluding carboxylic acids is 1. The number of nitrogens with zero attached hydrogens (tertiary/aromatic N) is 1. The van der Waals surface area contributed by atoms with E-state index in [2.05, 4.69) is 0 Å². The second kappa shape index (κ2) is 4.34. The molecule has 0 radical (unpaired) electrons. The van der Waals surface area contributed by atoms with Gasteiger partial charge in [-0.1, -0.05) is 6.42 Å². The molecule has 0 bridgehead atoms. The maximum Gasteiger partial charge on any atom is 0.226 e. The number of carbonyl (C=O) groups is 1. The van der Waals surface area contributed by atoms with E-state index in [0.717, 1.165) is 19.3 Å². The van der Waals surface area contributed by atoms with Crippen molar-refractivity contribution < 1.29 is 9.90 Å². The molecule has 1 amide bonds. The molecule has 1 saturated carbocycles. The molecule has 2 fully saturated rings. The molecule has 1 aliphatic heterocycles. The number of hydrogen-bond acceptors (Lipinski definition) is 3. The minimum Gasteiger partial charge on any atom is -0.388 e. The van der Waals surface area contributed by atoms with Crippen LogP contribution in [0.25, 0.3) is 0 Å². The highest BCUT2D eigenvalue weighted by atomic mass is 16.3. The highest BCUT2D eigenvalue weighted by Gasteiger charge is 2.40. The number of nitrogens with two attached hydrogens (primary N) is 1. The van der Waals surface area contributed by atoms with Crippen molar-refractivity contribution in [2.45, 2.75) is 38.2 Å². The average Bonchev–Trinajstić information content (AvgIpc) is 2.82. The lowest BCUT2D eigenvalue weighted by Crippen LogP contribution is -2.39. The molecule has 0 aromatic carbocycles. The summed E-state index contributed by atoms with van der Waals surface area (Å²) in [6.45, 7) is 3.59. The van der Waals surface area contributed by atoms with Crippen LogP contribution in [0.2, 0.25) is 0 Å². The van der Waals surface area contributed by atoms with Gasteiger partial charge in [0.15, 0.2) is 0 Å². The monoisotopic (exact) mass is 226 g/mol. The van der Waals surface area contributed by atoms with Crippen LogP contribution in [-0.4, -0.2) is 41.1 Å². The third-order valence-corrected chi connectivity index (χ3v) is 4.04. The molecule has 0 spiro atoms. The van der Waals surface area contributed by atoms with Crippen molar-refractivity contribution in [2.75, 3.05) is 19.6 Å². The Hall–Kier alpha value is -0.610. The first-order valence-electron chi connectivity index (χ1n) is 6.25. The zero-order valence-electron chi connectivity index (χ0n) is 9.98. The fraction of sp³-hybridized carbons (Fsp3) is 0.917. The number of hydrogen-bond donors (Lipinski definition) is 2. The van der Waals surface area contributed by atoms with Gasteiger partial charge in [-0.25, -0.2) is 0 Å². The van der Waals surface area contributed by atoms with Crippen molar-refractivity contribution >= 4 is 5.91 Å². The maximum absolute atomic E-state index is 12.3. The normalized spacial score (nSPS) is 39.3. The molecule has 3 unspecified atom stereocenters. The topological polar surface area (TPSA) is 66.6 Å². The molecule has 3 atom stereocenters. The minimum atomic E-state index is -0.688. The van der Waals surface area contributed by atoms with E-state index in [1.54, 1.807) is 6.92 Å². The van der Waals surface area contributed by atoms with Crippen LogP contribution in [-0.2, 0) is 4.79 Å². The van der Waals surface area contributed by atoms with Gasteiger partial charge in [0.25, 0.3) is 0 Å². The average molecular weight is 226 g/mol. The Balaban J connectivity index is 1.97. The summed E-state index contributed by atoms with van der Waals surface area (Å²) in [7, 11) is 0. The van der Waals surface area contributed by atoms with Crippen molar-refractivity contribution in [3.05, 3.63) is 0 Å². The molecule has 0 aromatic rings. The molecule has 2 rings (SSSR count). The van der Waals surface area contributed by atoms with Crippen molar-refractivity contribution in [3.8, 4) is 0 Å². The lowest BCUT2D eigenvalue weighted by molar-refractivity contribution is -0.136. The summed E-state index contributed by atoms with van der Waals surface area (Å²) in [5, 5.41) is 9.86. The second-order valence-corrected chi connectivity index (χ2v) is 5.54.